The van der Waals surface area contributed by atoms with E-state index in [-0.39, 0.29) is 5.91 Å². The third kappa shape index (κ3) is 3.99. The summed E-state index contributed by atoms with van der Waals surface area (Å²) < 4.78 is 1.25. The van der Waals surface area contributed by atoms with Gasteiger partial charge in [0.05, 0.1) is 10.2 Å². The first-order valence-corrected chi connectivity index (χ1v) is 9.62. The highest BCUT2D eigenvalue weighted by molar-refractivity contribution is 7.19. The first kappa shape index (κ1) is 17.5. The van der Waals surface area contributed by atoms with Gasteiger partial charge in [-0.3, -0.25) is 9.69 Å². The summed E-state index contributed by atoms with van der Waals surface area (Å²) in [6, 6.07) is 2.15. The summed E-state index contributed by atoms with van der Waals surface area (Å²) >= 11 is 1.79. The van der Waals surface area contributed by atoms with Crippen LogP contribution in [0.5, 0.6) is 0 Å². The molecule has 2 aromatic rings. The quantitative estimate of drug-likeness (QED) is 0.844. The van der Waals surface area contributed by atoms with Crippen LogP contribution in [0.1, 0.15) is 40.2 Å². The number of carbonyl (C=O) groups is 1. The lowest BCUT2D eigenvalue weighted by molar-refractivity contribution is 0.0944. The molecule has 6 heteroatoms. The second-order valence-corrected chi connectivity index (χ2v) is 8.23. The molecule has 1 amide bonds. The summed E-state index contributed by atoms with van der Waals surface area (Å²) in [4.78, 5) is 21.9. The molecule has 1 aliphatic rings. The summed E-state index contributed by atoms with van der Waals surface area (Å²) in [5.41, 5.74) is 3.02. The van der Waals surface area contributed by atoms with Crippen LogP contribution in [0.15, 0.2) is 6.07 Å². The van der Waals surface area contributed by atoms with E-state index >= 15 is 0 Å². The Bertz CT molecular complexity index is 697. The maximum absolute atomic E-state index is 12.7. The lowest BCUT2D eigenvalue weighted by atomic mass is 10.1. The van der Waals surface area contributed by atoms with Gasteiger partial charge in [-0.05, 0) is 53.0 Å². The van der Waals surface area contributed by atoms with Gasteiger partial charge in [0, 0.05) is 30.1 Å². The van der Waals surface area contributed by atoms with Crippen molar-refractivity contribution in [3.8, 4) is 0 Å². The topological polar surface area (TPSA) is 51.4 Å². The molecule has 132 valence electrons. The number of likely N-dealkylation sites (N-methyl/N-ethyl adjacent to an activating group) is 1. The molecule has 0 bridgehead atoms. The van der Waals surface area contributed by atoms with Crippen LogP contribution in [0, 0.1) is 6.92 Å². The lowest BCUT2D eigenvalue weighted by Gasteiger charge is -2.26. The Hall–Kier alpha value is -1.37. The molecule has 0 saturated carbocycles. The zero-order chi connectivity index (χ0) is 17.1. The number of nitrogens with zero attached hydrogens (tertiary/aromatic N) is 2. The minimum Gasteiger partial charge on any atom is -0.350 e. The predicted octanol–water partition coefficient (Wildman–Crippen LogP) is 2.82. The third-order valence-corrected chi connectivity index (χ3v) is 5.70. The van der Waals surface area contributed by atoms with Crippen LogP contribution in [-0.2, 0) is 6.54 Å². The van der Waals surface area contributed by atoms with Crippen molar-refractivity contribution in [3.63, 3.8) is 0 Å². The number of rotatable bonds is 6. The average Bonchev–Trinajstić information content (AvgIpc) is 3.05. The molecule has 1 aliphatic heterocycles. The molecule has 2 N–H and O–H groups in total. The number of thiophene rings is 1. The van der Waals surface area contributed by atoms with E-state index < -0.39 is 0 Å². The normalized spacial score (nSPS) is 16.2. The number of aryl methyl sites for hydroxylation is 1. The molecule has 0 unspecified atom stereocenters. The van der Waals surface area contributed by atoms with Gasteiger partial charge in [-0.25, -0.2) is 0 Å². The van der Waals surface area contributed by atoms with Crippen LogP contribution < -0.4 is 5.32 Å². The number of hydrogen-bond donors (Lipinski definition) is 2. The monoisotopic (exact) mass is 348 g/mol. The van der Waals surface area contributed by atoms with Crippen molar-refractivity contribution in [3.05, 3.63) is 22.2 Å². The first-order chi connectivity index (χ1) is 11.5. The standard InChI is InChI=1S/C18H28N4OS/c1-13-11-15-17(24-13)14(12-22-8-5-4-6-9-22)16(20-15)18(23)19-7-10-21(2)3/h11,20H,4-10,12H2,1-3H3,(H,19,23). The lowest BCUT2D eigenvalue weighted by Crippen LogP contribution is -2.33. The number of hydrogen-bond acceptors (Lipinski definition) is 4. The Morgan fingerprint density at radius 3 is 2.79 bits per heavy atom. The number of carbonyl (C=O) groups excluding carboxylic acids is 1. The minimum absolute atomic E-state index is 0.0184. The summed E-state index contributed by atoms with van der Waals surface area (Å²) in [5.74, 6) is 0.0184. The van der Waals surface area contributed by atoms with E-state index in [4.69, 9.17) is 0 Å². The summed E-state index contributed by atoms with van der Waals surface area (Å²) in [6.07, 6.45) is 3.86. The number of aromatic nitrogens is 1. The van der Waals surface area contributed by atoms with Gasteiger partial charge in [-0.15, -0.1) is 11.3 Å². The number of H-pyrrole nitrogens is 1. The number of amides is 1. The summed E-state index contributed by atoms with van der Waals surface area (Å²) in [5, 5.41) is 3.05. The van der Waals surface area contributed by atoms with Crippen LogP contribution in [-0.4, -0.2) is 61.0 Å². The van der Waals surface area contributed by atoms with Crippen molar-refractivity contribution in [1.82, 2.24) is 20.1 Å². The molecule has 3 heterocycles. The van der Waals surface area contributed by atoms with Crippen molar-refractivity contribution in [2.24, 2.45) is 0 Å². The molecule has 0 aliphatic carbocycles. The predicted molar refractivity (Wildman–Crippen MR) is 101 cm³/mol. The van der Waals surface area contributed by atoms with Gasteiger partial charge in [-0.2, -0.15) is 0 Å². The fourth-order valence-corrected chi connectivity index (χ4v) is 4.33. The molecular weight excluding hydrogens is 320 g/mol. The number of fused-ring (bicyclic) bond motifs is 1. The van der Waals surface area contributed by atoms with Crippen LogP contribution in [0.25, 0.3) is 10.2 Å². The van der Waals surface area contributed by atoms with Gasteiger partial charge < -0.3 is 15.2 Å². The average molecular weight is 349 g/mol. The van der Waals surface area contributed by atoms with Crippen LogP contribution >= 0.6 is 11.3 Å². The number of nitrogens with one attached hydrogen (secondary N) is 2. The second kappa shape index (κ2) is 7.68. The van der Waals surface area contributed by atoms with Crippen molar-refractivity contribution >= 4 is 27.5 Å². The Labute approximate surface area is 148 Å². The molecule has 5 nitrogen and oxygen atoms in total. The fourth-order valence-electron chi connectivity index (χ4n) is 3.32. The van der Waals surface area contributed by atoms with Crippen LogP contribution in [0.4, 0.5) is 0 Å². The number of aromatic amines is 1. The zero-order valence-electron chi connectivity index (χ0n) is 14.9. The van der Waals surface area contributed by atoms with E-state index in [0.717, 1.165) is 37.4 Å². The molecule has 2 aromatic heterocycles. The highest BCUT2D eigenvalue weighted by atomic mass is 32.1. The maximum atomic E-state index is 12.7. The Balaban J connectivity index is 1.81. The van der Waals surface area contributed by atoms with Crippen LogP contribution in [0.3, 0.4) is 0 Å². The van der Waals surface area contributed by atoms with Gasteiger partial charge >= 0.3 is 0 Å². The van der Waals surface area contributed by atoms with Gasteiger partial charge in [0.1, 0.15) is 5.69 Å². The molecule has 0 atom stereocenters. The van der Waals surface area contributed by atoms with E-state index in [9.17, 15) is 4.79 Å². The Morgan fingerprint density at radius 1 is 1.33 bits per heavy atom. The SMILES string of the molecule is Cc1cc2[nH]c(C(=O)NCCN(C)C)c(CN3CCCCC3)c2s1. The van der Waals surface area contributed by atoms with E-state index in [1.54, 1.807) is 11.3 Å². The van der Waals surface area contributed by atoms with Crippen molar-refractivity contribution in [1.29, 1.82) is 0 Å². The molecule has 0 spiro atoms. The summed E-state index contributed by atoms with van der Waals surface area (Å²) in [6.45, 7) is 6.79. The number of piperidine rings is 1. The fraction of sp³-hybridized carbons (Fsp3) is 0.611. The maximum Gasteiger partial charge on any atom is 0.268 e. The zero-order valence-corrected chi connectivity index (χ0v) is 15.8. The smallest absolute Gasteiger partial charge is 0.268 e. The van der Waals surface area contributed by atoms with E-state index in [2.05, 4.69) is 33.1 Å². The Morgan fingerprint density at radius 2 is 2.08 bits per heavy atom. The van der Waals surface area contributed by atoms with E-state index in [1.165, 1.54) is 34.4 Å². The van der Waals surface area contributed by atoms with E-state index in [1.807, 2.05) is 14.1 Å². The summed E-state index contributed by atoms with van der Waals surface area (Å²) in [7, 11) is 4.03. The van der Waals surface area contributed by atoms with Crippen molar-refractivity contribution < 1.29 is 4.79 Å². The van der Waals surface area contributed by atoms with Gasteiger partial charge in [0.25, 0.3) is 5.91 Å². The van der Waals surface area contributed by atoms with Crippen LogP contribution in [0.2, 0.25) is 0 Å². The number of likely N-dealkylation sites (tertiary alicyclic amines) is 1. The molecule has 0 aromatic carbocycles. The van der Waals surface area contributed by atoms with Crippen molar-refractivity contribution in [2.75, 3.05) is 40.3 Å². The molecule has 3 rings (SSSR count). The highest BCUT2D eigenvalue weighted by Crippen LogP contribution is 2.32. The molecule has 24 heavy (non-hydrogen) atoms. The largest absolute Gasteiger partial charge is 0.350 e. The van der Waals surface area contributed by atoms with Gasteiger partial charge in [-0.1, -0.05) is 6.42 Å². The molecule has 1 fully saturated rings. The molecule has 1 saturated heterocycles. The second-order valence-electron chi connectivity index (χ2n) is 6.97. The highest BCUT2D eigenvalue weighted by Gasteiger charge is 2.22. The van der Waals surface area contributed by atoms with Crippen molar-refractivity contribution in [2.45, 2.75) is 32.7 Å². The molecule has 0 radical (unpaired) electrons. The Kier molecular flexibility index (Phi) is 5.58. The molecular formula is C18H28N4OS. The van der Waals surface area contributed by atoms with Gasteiger partial charge in [0.15, 0.2) is 0 Å². The van der Waals surface area contributed by atoms with E-state index in [0.29, 0.717) is 6.54 Å². The first-order valence-electron chi connectivity index (χ1n) is 8.81. The third-order valence-electron chi connectivity index (χ3n) is 4.59. The minimum atomic E-state index is 0.0184. The van der Waals surface area contributed by atoms with Gasteiger partial charge in [0.2, 0.25) is 0 Å².